The minimum absolute atomic E-state index is 0.00907. The van der Waals surface area contributed by atoms with Gasteiger partial charge in [0.15, 0.2) is 0 Å². The van der Waals surface area contributed by atoms with Crippen LogP contribution in [0.3, 0.4) is 0 Å². The number of amides is 3. The van der Waals surface area contributed by atoms with E-state index in [1.54, 1.807) is 4.90 Å². The zero-order valence-corrected chi connectivity index (χ0v) is 26.5. The van der Waals surface area contributed by atoms with Crippen LogP contribution in [0.2, 0.25) is 0 Å². The summed E-state index contributed by atoms with van der Waals surface area (Å²) < 4.78 is 11.4. The van der Waals surface area contributed by atoms with Gasteiger partial charge >= 0.3 is 6.09 Å². The first-order valence-corrected chi connectivity index (χ1v) is 16.7. The summed E-state index contributed by atoms with van der Waals surface area (Å²) in [6, 6.07) is 26.0. The maximum absolute atomic E-state index is 13.2. The number of ether oxygens (including phenoxy) is 2. The second-order valence-electron chi connectivity index (χ2n) is 12.4. The lowest BCUT2D eigenvalue weighted by Gasteiger charge is -2.41. The first kappa shape index (κ1) is 31.6. The van der Waals surface area contributed by atoms with Gasteiger partial charge < -0.3 is 24.2 Å². The molecule has 242 valence electrons. The molecule has 9 heteroatoms. The van der Waals surface area contributed by atoms with Crippen LogP contribution < -0.4 is 9.64 Å². The van der Waals surface area contributed by atoms with Crippen LogP contribution in [0, 0.1) is 0 Å². The van der Waals surface area contributed by atoms with Gasteiger partial charge in [0.2, 0.25) is 5.91 Å². The van der Waals surface area contributed by atoms with Crippen molar-refractivity contribution in [1.82, 2.24) is 14.7 Å². The first-order valence-electron chi connectivity index (χ1n) is 16.7. The van der Waals surface area contributed by atoms with Crippen LogP contribution in [0.1, 0.15) is 53.6 Å². The van der Waals surface area contributed by atoms with Crippen LogP contribution in [-0.4, -0.2) is 91.1 Å². The van der Waals surface area contributed by atoms with Crippen LogP contribution in [0.4, 0.5) is 10.5 Å². The van der Waals surface area contributed by atoms with Crippen molar-refractivity contribution in [3.8, 4) is 5.75 Å². The second-order valence-corrected chi connectivity index (χ2v) is 12.4. The fraction of sp³-hybridized carbons (Fsp3) is 0.432. The summed E-state index contributed by atoms with van der Waals surface area (Å²) in [5.74, 6) is 0.904. The molecule has 0 saturated carbocycles. The minimum atomic E-state index is -0.241. The zero-order valence-electron chi connectivity index (χ0n) is 26.5. The number of para-hydroxylation sites is 1. The van der Waals surface area contributed by atoms with E-state index in [2.05, 4.69) is 35.2 Å². The molecule has 0 atom stereocenters. The topological polar surface area (TPSA) is 82.6 Å². The Labute approximate surface area is 271 Å². The van der Waals surface area contributed by atoms with Gasteiger partial charge in [0.05, 0.1) is 13.2 Å². The van der Waals surface area contributed by atoms with Crippen LogP contribution in [0.5, 0.6) is 5.75 Å². The Hall–Kier alpha value is -4.37. The van der Waals surface area contributed by atoms with Gasteiger partial charge in [-0.2, -0.15) is 0 Å². The predicted octanol–water partition coefficient (Wildman–Crippen LogP) is 5.38. The first-order chi connectivity index (χ1) is 22.5. The number of likely N-dealkylation sites (tertiary alicyclic amines) is 1. The van der Waals surface area contributed by atoms with E-state index in [0.717, 1.165) is 57.4 Å². The Morgan fingerprint density at radius 3 is 2.17 bits per heavy atom. The molecule has 0 bridgehead atoms. The van der Waals surface area contributed by atoms with Crippen molar-refractivity contribution in [2.45, 2.75) is 51.1 Å². The molecule has 0 radical (unpaired) electrons. The van der Waals surface area contributed by atoms with Crippen molar-refractivity contribution >= 4 is 23.6 Å². The summed E-state index contributed by atoms with van der Waals surface area (Å²) >= 11 is 0. The van der Waals surface area contributed by atoms with E-state index < -0.39 is 0 Å². The molecule has 3 heterocycles. The molecule has 0 spiro atoms. The standard InChI is InChI=1S/C37H44N4O5/c42-35-17-14-30-10-4-5-11-34(30)41(35)32-18-20-39(21-19-32)36(43)31-12-15-33(16-13-31)45-26-6-7-27-46-37(44)40-24-22-38(23-25-40)28-29-8-2-1-3-9-29/h1-5,8-13,15-16,32H,6-7,14,17-28H2. The van der Waals surface area contributed by atoms with E-state index in [-0.39, 0.29) is 23.9 Å². The Morgan fingerprint density at radius 2 is 1.41 bits per heavy atom. The molecule has 0 unspecified atom stereocenters. The molecule has 2 fully saturated rings. The average molecular weight is 625 g/mol. The number of carbonyl (C=O) groups is 3. The Bertz CT molecular complexity index is 1460. The lowest BCUT2D eigenvalue weighted by atomic mass is 9.95. The number of nitrogens with zero attached hydrogens (tertiary/aromatic N) is 4. The number of rotatable bonds is 10. The van der Waals surface area contributed by atoms with Crippen molar-refractivity contribution in [3.63, 3.8) is 0 Å². The van der Waals surface area contributed by atoms with Crippen LogP contribution in [-0.2, 0) is 22.5 Å². The van der Waals surface area contributed by atoms with Crippen molar-refractivity contribution in [2.24, 2.45) is 0 Å². The predicted molar refractivity (Wildman–Crippen MR) is 177 cm³/mol. The Balaban J connectivity index is 0.856. The van der Waals surface area contributed by atoms with Crippen LogP contribution in [0.15, 0.2) is 78.9 Å². The van der Waals surface area contributed by atoms with Crippen molar-refractivity contribution in [3.05, 3.63) is 95.6 Å². The lowest BCUT2D eigenvalue weighted by Crippen LogP contribution is -2.50. The highest BCUT2D eigenvalue weighted by molar-refractivity contribution is 5.97. The number of aryl methyl sites for hydroxylation is 1. The molecule has 9 nitrogen and oxygen atoms in total. The maximum Gasteiger partial charge on any atom is 0.409 e. The number of anilines is 1. The zero-order chi connectivity index (χ0) is 31.7. The van der Waals surface area contributed by atoms with E-state index >= 15 is 0 Å². The summed E-state index contributed by atoms with van der Waals surface area (Å²) in [7, 11) is 0. The number of benzene rings is 3. The van der Waals surface area contributed by atoms with Gasteiger partial charge in [-0.15, -0.1) is 0 Å². The smallest absolute Gasteiger partial charge is 0.409 e. The molecule has 0 aromatic heterocycles. The van der Waals surface area contributed by atoms with E-state index in [1.807, 2.05) is 58.3 Å². The third-order valence-corrected chi connectivity index (χ3v) is 9.26. The highest BCUT2D eigenvalue weighted by Crippen LogP contribution is 2.32. The summed E-state index contributed by atoms with van der Waals surface area (Å²) in [4.78, 5) is 46.5. The van der Waals surface area contributed by atoms with Gasteiger partial charge in [0, 0.05) is 69.5 Å². The minimum Gasteiger partial charge on any atom is -0.494 e. The quantitative estimate of drug-likeness (QED) is 0.282. The molecular formula is C37H44N4O5. The number of piperidine rings is 1. The Morgan fingerprint density at radius 1 is 0.717 bits per heavy atom. The molecule has 0 N–H and O–H groups in total. The van der Waals surface area contributed by atoms with Gasteiger partial charge in [0.25, 0.3) is 5.91 Å². The summed E-state index contributed by atoms with van der Waals surface area (Å²) in [6.45, 7) is 6.09. The van der Waals surface area contributed by atoms with Crippen molar-refractivity contribution in [2.75, 3.05) is 57.4 Å². The van der Waals surface area contributed by atoms with Gasteiger partial charge in [-0.3, -0.25) is 14.5 Å². The molecule has 3 aromatic carbocycles. The van der Waals surface area contributed by atoms with E-state index in [0.29, 0.717) is 57.1 Å². The average Bonchev–Trinajstić information content (AvgIpc) is 3.10. The maximum atomic E-state index is 13.2. The van der Waals surface area contributed by atoms with Crippen LogP contribution >= 0.6 is 0 Å². The van der Waals surface area contributed by atoms with E-state index in [1.165, 1.54) is 11.1 Å². The number of fused-ring (bicyclic) bond motifs is 1. The van der Waals surface area contributed by atoms with Crippen molar-refractivity contribution < 1.29 is 23.9 Å². The van der Waals surface area contributed by atoms with E-state index in [9.17, 15) is 14.4 Å². The highest BCUT2D eigenvalue weighted by atomic mass is 16.6. The number of piperazine rings is 1. The number of hydrogen-bond acceptors (Lipinski definition) is 6. The lowest BCUT2D eigenvalue weighted by molar-refractivity contribution is -0.119. The van der Waals surface area contributed by atoms with Crippen LogP contribution in [0.25, 0.3) is 0 Å². The van der Waals surface area contributed by atoms with Gasteiger partial charge in [-0.25, -0.2) is 4.79 Å². The molecule has 46 heavy (non-hydrogen) atoms. The molecule has 0 aliphatic carbocycles. The van der Waals surface area contributed by atoms with Gasteiger partial charge in [0.1, 0.15) is 5.75 Å². The second kappa shape index (κ2) is 15.3. The van der Waals surface area contributed by atoms with Gasteiger partial charge in [-0.05, 0) is 73.6 Å². The van der Waals surface area contributed by atoms with Crippen molar-refractivity contribution in [1.29, 1.82) is 0 Å². The largest absolute Gasteiger partial charge is 0.494 e. The summed E-state index contributed by atoms with van der Waals surface area (Å²) in [5.41, 5.74) is 4.18. The third kappa shape index (κ3) is 7.88. The molecular weight excluding hydrogens is 580 g/mol. The number of carbonyl (C=O) groups excluding carboxylic acids is 3. The molecule has 3 amide bonds. The monoisotopic (exact) mass is 624 g/mol. The third-order valence-electron chi connectivity index (χ3n) is 9.26. The van der Waals surface area contributed by atoms with Gasteiger partial charge in [-0.1, -0.05) is 48.5 Å². The molecule has 2 saturated heterocycles. The fourth-order valence-electron chi connectivity index (χ4n) is 6.63. The fourth-order valence-corrected chi connectivity index (χ4v) is 6.63. The summed E-state index contributed by atoms with van der Waals surface area (Å²) in [5, 5.41) is 0. The van der Waals surface area contributed by atoms with E-state index in [4.69, 9.17) is 9.47 Å². The SMILES string of the molecule is O=C(OCCCCOc1ccc(C(=O)N2CCC(N3C(=O)CCc4ccccc43)CC2)cc1)N1CCN(Cc2ccccc2)CC1. The molecule has 6 rings (SSSR count). The highest BCUT2D eigenvalue weighted by Gasteiger charge is 2.33. The molecule has 3 aliphatic rings. The summed E-state index contributed by atoms with van der Waals surface area (Å²) in [6.07, 6.45) is 4.13. The molecule has 3 aromatic rings. The molecule has 3 aliphatic heterocycles. The number of hydrogen-bond donors (Lipinski definition) is 0. The normalized spacial score (nSPS) is 17.5. The Kier molecular flexibility index (Phi) is 10.5. The number of unbranched alkanes of at least 4 members (excludes halogenated alkanes) is 1.